The van der Waals surface area contributed by atoms with Gasteiger partial charge in [-0.05, 0) is 24.5 Å². The van der Waals surface area contributed by atoms with Crippen LogP contribution in [-0.4, -0.2) is 123 Å². The molecule has 1 heterocycles. The van der Waals surface area contributed by atoms with Gasteiger partial charge in [-0.25, -0.2) is 4.79 Å². The monoisotopic (exact) mass is 647 g/mol. The van der Waals surface area contributed by atoms with E-state index in [-0.39, 0.29) is 18.9 Å². The third kappa shape index (κ3) is 3.90. The molecule has 5 aliphatic carbocycles. The summed E-state index contributed by atoms with van der Waals surface area (Å²) in [5.74, 6) is -3.70. The number of fused-ring (bicyclic) bond motifs is 2. The van der Waals surface area contributed by atoms with Gasteiger partial charge in [-0.2, -0.15) is 0 Å². The molecule has 5 saturated carbocycles. The van der Waals surface area contributed by atoms with Crippen LogP contribution in [0.25, 0.3) is 0 Å². The molecule has 4 N–H and O–H groups in total. The zero-order chi connectivity index (χ0) is 33.4. The fourth-order valence-electron chi connectivity index (χ4n) is 11.7. The van der Waals surface area contributed by atoms with Gasteiger partial charge in [-0.1, -0.05) is 32.0 Å². The molecule has 0 radical (unpaired) electrons. The Morgan fingerprint density at radius 3 is 2.26 bits per heavy atom. The molecule has 6 aliphatic rings. The van der Waals surface area contributed by atoms with Gasteiger partial charge < -0.3 is 49.1 Å². The van der Waals surface area contributed by atoms with Gasteiger partial charge >= 0.3 is 11.9 Å². The predicted molar refractivity (Wildman–Crippen MR) is 163 cm³/mol. The van der Waals surface area contributed by atoms with Crippen LogP contribution in [0.5, 0.6) is 0 Å². The predicted octanol–water partition coefficient (Wildman–Crippen LogP) is 0.942. The summed E-state index contributed by atoms with van der Waals surface area (Å²) < 4.78 is 36.9. The van der Waals surface area contributed by atoms with Crippen molar-refractivity contribution in [3.8, 4) is 0 Å². The van der Waals surface area contributed by atoms with Crippen molar-refractivity contribution < 1.29 is 53.3 Å². The number of hydrogen-bond donors (Lipinski definition) is 4. The molecule has 0 amide bonds. The van der Waals surface area contributed by atoms with E-state index in [0.29, 0.717) is 18.5 Å². The second-order valence-corrected chi connectivity index (χ2v) is 13.8. The van der Waals surface area contributed by atoms with E-state index in [2.05, 4.69) is 5.32 Å². The standard InChI is InChI=1S/C32H43NO11.C2H6/c1-15(34)44-32-20-17(12-30(38,27(42-5)25(32)36)26(20)43-28(37)16-9-7-6-8-10-16)31-19(40-3)11-18(35)29(14-39-2)13-33-24(31)21(32)22(41-4)23(29)31;1-2/h6-10,17-27,33,35-36,38H,11-14H2,1-5H3;1-2H3/t17-,18-,19+,20-,21?,22+,23-,24?,25+,26-,27?,29+,30+,31?,32-;/m0./s1. The summed E-state index contributed by atoms with van der Waals surface area (Å²) in [5, 5.41) is 40.4. The molecule has 6 fully saturated rings. The zero-order valence-corrected chi connectivity index (χ0v) is 27.7. The van der Waals surface area contributed by atoms with Crippen molar-refractivity contribution in [1.29, 1.82) is 0 Å². The van der Waals surface area contributed by atoms with E-state index >= 15 is 0 Å². The third-order valence-electron chi connectivity index (χ3n) is 12.6. The topological polar surface area (TPSA) is 162 Å². The smallest absolute Gasteiger partial charge is 0.338 e. The van der Waals surface area contributed by atoms with Crippen molar-refractivity contribution in [2.75, 3.05) is 41.6 Å². The Morgan fingerprint density at radius 1 is 0.978 bits per heavy atom. The first-order chi connectivity index (χ1) is 22.0. The van der Waals surface area contributed by atoms with Gasteiger partial charge in [-0.15, -0.1) is 0 Å². The van der Waals surface area contributed by atoms with Crippen LogP contribution in [0, 0.1) is 34.5 Å². The first-order valence-corrected chi connectivity index (χ1v) is 16.4. The number of piperidine rings is 1. The molecule has 46 heavy (non-hydrogen) atoms. The maximum Gasteiger partial charge on any atom is 0.338 e. The van der Waals surface area contributed by atoms with Gasteiger partial charge in [0, 0.05) is 83.0 Å². The normalized spacial score (nSPS) is 49.0. The number of carbonyl (C=O) groups is 2. The highest BCUT2D eigenvalue weighted by atomic mass is 16.6. The summed E-state index contributed by atoms with van der Waals surface area (Å²) in [6.07, 6.45) is -5.53. The minimum absolute atomic E-state index is 0.0693. The Kier molecular flexibility index (Phi) is 8.63. The number of methoxy groups -OCH3 is 4. The van der Waals surface area contributed by atoms with Gasteiger partial charge in [0.15, 0.2) is 5.60 Å². The Balaban J connectivity index is 0.00000182. The van der Waals surface area contributed by atoms with Gasteiger partial charge in [0.05, 0.1) is 30.5 Å². The molecule has 1 aliphatic heterocycles. The lowest BCUT2D eigenvalue weighted by Crippen LogP contribution is -2.81. The molecule has 256 valence electrons. The van der Waals surface area contributed by atoms with Crippen LogP contribution in [0.4, 0.5) is 0 Å². The summed E-state index contributed by atoms with van der Waals surface area (Å²) in [5.41, 5.74) is -4.81. The van der Waals surface area contributed by atoms with Crippen molar-refractivity contribution in [2.24, 2.45) is 34.5 Å². The number of aliphatic hydroxyl groups is 3. The molecule has 1 aromatic rings. The molecule has 7 bridgehead atoms. The lowest BCUT2D eigenvalue weighted by Gasteiger charge is -2.68. The number of aliphatic hydroxyl groups excluding tert-OH is 2. The number of esters is 2. The molecule has 15 atom stereocenters. The largest absolute Gasteiger partial charge is 0.455 e. The summed E-state index contributed by atoms with van der Waals surface area (Å²) in [7, 11) is 6.18. The van der Waals surface area contributed by atoms with E-state index in [1.165, 1.54) is 14.0 Å². The molecule has 1 spiro atoms. The van der Waals surface area contributed by atoms with E-state index < -0.39 is 94.4 Å². The molecule has 0 aromatic heterocycles. The Labute approximate surface area is 270 Å². The maximum atomic E-state index is 13.6. The fourth-order valence-corrected chi connectivity index (χ4v) is 11.7. The lowest BCUT2D eigenvalue weighted by atomic mass is 9.43. The molecule has 12 heteroatoms. The summed E-state index contributed by atoms with van der Waals surface area (Å²) in [6.45, 7) is 5.91. The number of rotatable bonds is 8. The van der Waals surface area contributed by atoms with Crippen molar-refractivity contribution >= 4 is 11.9 Å². The highest BCUT2D eigenvalue weighted by molar-refractivity contribution is 5.89. The Morgan fingerprint density at radius 2 is 1.67 bits per heavy atom. The van der Waals surface area contributed by atoms with E-state index in [4.69, 9.17) is 28.4 Å². The summed E-state index contributed by atoms with van der Waals surface area (Å²) >= 11 is 0. The van der Waals surface area contributed by atoms with Gasteiger partial charge in [0.2, 0.25) is 0 Å². The first kappa shape index (κ1) is 33.7. The molecular weight excluding hydrogens is 598 g/mol. The first-order valence-electron chi connectivity index (χ1n) is 16.4. The number of hydrogen-bond acceptors (Lipinski definition) is 12. The van der Waals surface area contributed by atoms with E-state index in [1.54, 1.807) is 51.7 Å². The highest BCUT2D eigenvalue weighted by Crippen LogP contribution is 2.79. The third-order valence-corrected chi connectivity index (χ3v) is 12.6. The van der Waals surface area contributed by atoms with Crippen LogP contribution >= 0.6 is 0 Å². The summed E-state index contributed by atoms with van der Waals surface area (Å²) in [6, 6.07) is 8.08. The van der Waals surface area contributed by atoms with Gasteiger partial charge in [0.1, 0.15) is 23.9 Å². The van der Waals surface area contributed by atoms with E-state index in [0.717, 1.165) is 0 Å². The lowest BCUT2D eigenvalue weighted by molar-refractivity contribution is -0.310. The molecule has 7 rings (SSSR count). The average Bonchev–Trinajstić information content (AvgIpc) is 3.40. The van der Waals surface area contributed by atoms with Crippen molar-refractivity contribution in [3.63, 3.8) is 0 Å². The summed E-state index contributed by atoms with van der Waals surface area (Å²) in [4.78, 5) is 26.7. The molecule has 1 saturated heterocycles. The van der Waals surface area contributed by atoms with E-state index in [1.807, 2.05) is 13.8 Å². The van der Waals surface area contributed by atoms with Crippen molar-refractivity contribution in [2.45, 2.75) is 87.5 Å². The number of carbonyl (C=O) groups excluding carboxylic acids is 2. The number of nitrogens with one attached hydrogen (secondary N) is 1. The van der Waals surface area contributed by atoms with Crippen LogP contribution in [0.3, 0.4) is 0 Å². The average molecular weight is 648 g/mol. The van der Waals surface area contributed by atoms with Gasteiger partial charge in [-0.3, -0.25) is 4.79 Å². The van der Waals surface area contributed by atoms with E-state index in [9.17, 15) is 24.9 Å². The second-order valence-electron chi connectivity index (χ2n) is 13.8. The van der Waals surface area contributed by atoms with Crippen LogP contribution < -0.4 is 5.32 Å². The maximum absolute atomic E-state index is 13.6. The van der Waals surface area contributed by atoms with Crippen LogP contribution in [-0.2, 0) is 33.2 Å². The SMILES string of the molecule is CC.COC[C@@]12CNC3C4[C@@H](OC)[C@@H]1C3([C@H](OC)C[C@@H]2O)[C@H]1C[C@]2(O)C(OC)[C@@H](O)[C@]4(OC(C)=O)[C@@H]1[C@@H]2OC(=O)c1ccccc1. The van der Waals surface area contributed by atoms with Crippen LogP contribution in [0.15, 0.2) is 30.3 Å². The molecule has 4 unspecified atom stereocenters. The molecular formula is C34H49NO11. The number of benzene rings is 1. The number of ether oxygens (including phenoxy) is 6. The fraction of sp³-hybridized carbons (Fsp3) is 0.765. The molecule has 12 nitrogen and oxygen atoms in total. The van der Waals surface area contributed by atoms with Crippen LogP contribution in [0.2, 0.25) is 0 Å². The highest BCUT2D eigenvalue weighted by Gasteiger charge is 2.91. The van der Waals surface area contributed by atoms with Crippen molar-refractivity contribution in [3.05, 3.63) is 35.9 Å². The van der Waals surface area contributed by atoms with Gasteiger partial charge in [0.25, 0.3) is 0 Å². The Bertz CT molecular complexity index is 1320. The van der Waals surface area contributed by atoms with Crippen molar-refractivity contribution in [1.82, 2.24) is 5.32 Å². The van der Waals surface area contributed by atoms with Crippen LogP contribution in [0.1, 0.15) is 44.0 Å². The second kappa shape index (κ2) is 11.8. The minimum atomic E-state index is -1.83. The molecule has 1 aromatic carbocycles. The minimum Gasteiger partial charge on any atom is -0.455 e. The quantitative estimate of drug-likeness (QED) is 0.296. The zero-order valence-electron chi connectivity index (χ0n) is 27.7. The Hall–Kier alpha value is -2.16.